The van der Waals surface area contributed by atoms with Crippen LogP contribution in [-0.4, -0.2) is 36.4 Å². The fraction of sp³-hybridized carbons (Fsp3) is 0.562. The smallest absolute Gasteiger partial charge is 0.176 e. The minimum atomic E-state index is 0.230. The number of carbonyl (C=O) groups excluding carboxylic acids is 1. The summed E-state index contributed by atoms with van der Waals surface area (Å²) >= 11 is 0. The Kier molecular flexibility index (Phi) is 5.11. The van der Waals surface area contributed by atoms with Crippen LogP contribution in [0.5, 0.6) is 0 Å². The van der Waals surface area contributed by atoms with Crippen molar-refractivity contribution in [3.8, 4) is 0 Å². The zero-order valence-electron chi connectivity index (χ0n) is 11.8. The van der Waals surface area contributed by atoms with Gasteiger partial charge in [0, 0.05) is 24.7 Å². The van der Waals surface area contributed by atoms with E-state index in [1.165, 1.54) is 5.56 Å². The summed E-state index contributed by atoms with van der Waals surface area (Å²) in [4.78, 5) is 14.5. The molecule has 3 nitrogen and oxygen atoms in total. The summed E-state index contributed by atoms with van der Waals surface area (Å²) in [5, 5.41) is 0. The number of hydrogen-bond donors (Lipinski definition) is 1. The highest BCUT2D eigenvalue weighted by Crippen LogP contribution is 2.12. The van der Waals surface area contributed by atoms with Crippen LogP contribution in [0.1, 0.15) is 42.1 Å². The second kappa shape index (κ2) is 6.83. The van der Waals surface area contributed by atoms with Crippen molar-refractivity contribution in [1.29, 1.82) is 0 Å². The van der Waals surface area contributed by atoms with E-state index in [0.29, 0.717) is 12.6 Å². The Morgan fingerprint density at radius 2 is 2.11 bits per heavy atom. The third-order valence-electron chi connectivity index (χ3n) is 3.79. The van der Waals surface area contributed by atoms with Gasteiger partial charge in [0.25, 0.3) is 0 Å². The quantitative estimate of drug-likeness (QED) is 0.826. The molecule has 1 aliphatic rings. The Hall–Kier alpha value is -1.19. The molecule has 2 N–H and O–H groups in total. The van der Waals surface area contributed by atoms with E-state index >= 15 is 0 Å². The molecule has 1 aliphatic heterocycles. The van der Waals surface area contributed by atoms with E-state index < -0.39 is 0 Å². The summed E-state index contributed by atoms with van der Waals surface area (Å²) in [6.45, 7) is 4.58. The molecule has 104 valence electrons. The molecule has 1 aromatic rings. The standard InChI is InChI=1S/C16H24N2O/c1-2-4-13-5-3-6-14(11-13)16(19)12-18-9-7-15(17)8-10-18/h3,5-6,11,15H,2,4,7-10,12,17H2,1H3. The number of benzene rings is 1. The van der Waals surface area contributed by atoms with E-state index in [9.17, 15) is 4.79 Å². The van der Waals surface area contributed by atoms with Crippen molar-refractivity contribution in [1.82, 2.24) is 4.90 Å². The van der Waals surface area contributed by atoms with E-state index in [1.807, 2.05) is 18.2 Å². The van der Waals surface area contributed by atoms with Crippen LogP contribution in [-0.2, 0) is 6.42 Å². The van der Waals surface area contributed by atoms with Gasteiger partial charge >= 0.3 is 0 Å². The van der Waals surface area contributed by atoms with Crippen LogP contribution in [0.2, 0.25) is 0 Å². The number of Topliss-reactive ketones (excluding diaryl/α,β-unsaturated/α-hetero) is 1. The maximum atomic E-state index is 12.3. The Morgan fingerprint density at radius 3 is 2.79 bits per heavy atom. The number of ketones is 1. The predicted octanol–water partition coefficient (Wildman–Crippen LogP) is 2.24. The van der Waals surface area contributed by atoms with E-state index in [1.54, 1.807) is 0 Å². The third-order valence-corrected chi connectivity index (χ3v) is 3.79. The molecule has 0 unspecified atom stereocenters. The average molecular weight is 260 g/mol. The molecule has 1 aromatic carbocycles. The molecule has 19 heavy (non-hydrogen) atoms. The molecule has 0 saturated carbocycles. The van der Waals surface area contributed by atoms with E-state index in [2.05, 4.69) is 17.9 Å². The molecular weight excluding hydrogens is 236 g/mol. The van der Waals surface area contributed by atoms with Crippen molar-refractivity contribution >= 4 is 5.78 Å². The lowest BCUT2D eigenvalue weighted by Crippen LogP contribution is -2.41. The Bertz CT molecular complexity index is 423. The largest absolute Gasteiger partial charge is 0.328 e. The maximum absolute atomic E-state index is 12.3. The van der Waals surface area contributed by atoms with E-state index in [0.717, 1.165) is 44.3 Å². The molecule has 2 rings (SSSR count). The lowest BCUT2D eigenvalue weighted by atomic mass is 10.0. The molecule has 1 heterocycles. The first-order valence-corrected chi connectivity index (χ1v) is 7.29. The molecule has 3 heteroatoms. The highest BCUT2D eigenvalue weighted by molar-refractivity contribution is 5.97. The first kappa shape index (κ1) is 14.2. The molecule has 0 radical (unpaired) electrons. The lowest BCUT2D eigenvalue weighted by Gasteiger charge is -2.29. The van der Waals surface area contributed by atoms with Gasteiger partial charge in [-0.05, 0) is 30.9 Å². The molecule has 1 fully saturated rings. The zero-order chi connectivity index (χ0) is 13.7. The number of likely N-dealkylation sites (tertiary alicyclic amines) is 1. The number of piperidine rings is 1. The number of aryl methyl sites for hydroxylation is 1. The second-order valence-corrected chi connectivity index (χ2v) is 5.49. The Morgan fingerprint density at radius 1 is 1.37 bits per heavy atom. The highest BCUT2D eigenvalue weighted by atomic mass is 16.1. The molecular formula is C16H24N2O. The predicted molar refractivity (Wildman–Crippen MR) is 78.4 cm³/mol. The normalized spacial score (nSPS) is 17.6. The molecule has 0 aliphatic carbocycles. The number of carbonyl (C=O) groups is 1. The SMILES string of the molecule is CCCc1cccc(C(=O)CN2CCC(N)CC2)c1. The van der Waals surface area contributed by atoms with Gasteiger partial charge in [-0.15, -0.1) is 0 Å². The van der Waals surface area contributed by atoms with Crippen molar-refractivity contribution in [3.05, 3.63) is 35.4 Å². The summed E-state index contributed by atoms with van der Waals surface area (Å²) in [6, 6.07) is 8.38. The zero-order valence-corrected chi connectivity index (χ0v) is 11.8. The Labute approximate surface area is 115 Å². The Balaban J connectivity index is 1.94. The van der Waals surface area contributed by atoms with E-state index in [4.69, 9.17) is 5.73 Å². The molecule has 0 atom stereocenters. The van der Waals surface area contributed by atoms with Gasteiger partial charge in [-0.3, -0.25) is 9.69 Å². The molecule has 0 bridgehead atoms. The van der Waals surface area contributed by atoms with Crippen molar-refractivity contribution in [3.63, 3.8) is 0 Å². The van der Waals surface area contributed by atoms with Crippen LogP contribution in [0.3, 0.4) is 0 Å². The van der Waals surface area contributed by atoms with Crippen molar-refractivity contribution in [2.75, 3.05) is 19.6 Å². The second-order valence-electron chi connectivity index (χ2n) is 5.49. The van der Waals surface area contributed by atoms with Crippen LogP contribution < -0.4 is 5.73 Å². The summed E-state index contributed by atoms with van der Waals surface area (Å²) in [7, 11) is 0. The topological polar surface area (TPSA) is 46.3 Å². The van der Waals surface area contributed by atoms with Crippen LogP contribution in [0, 0.1) is 0 Å². The third kappa shape index (κ3) is 4.15. The fourth-order valence-electron chi connectivity index (χ4n) is 2.59. The average Bonchev–Trinajstić information content (AvgIpc) is 2.42. The number of rotatable bonds is 5. The first-order valence-electron chi connectivity index (χ1n) is 7.29. The van der Waals surface area contributed by atoms with Crippen LogP contribution in [0.15, 0.2) is 24.3 Å². The van der Waals surface area contributed by atoms with Gasteiger partial charge in [-0.25, -0.2) is 0 Å². The minimum absolute atomic E-state index is 0.230. The van der Waals surface area contributed by atoms with Crippen LogP contribution in [0.25, 0.3) is 0 Å². The lowest BCUT2D eigenvalue weighted by molar-refractivity contribution is 0.0910. The van der Waals surface area contributed by atoms with Gasteiger partial charge in [-0.2, -0.15) is 0 Å². The van der Waals surface area contributed by atoms with Gasteiger partial charge in [0.15, 0.2) is 5.78 Å². The first-order chi connectivity index (χ1) is 9.19. The van der Waals surface area contributed by atoms with Gasteiger partial charge in [-0.1, -0.05) is 31.5 Å². The van der Waals surface area contributed by atoms with Gasteiger partial charge in [0.1, 0.15) is 0 Å². The summed E-state index contributed by atoms with van der Waals surface area (Å²) in [5.41, 5.74) is 7.99. The number of nitrogens with zero attached hydrogens (tertiary/aromatic N) is 1. The summed E-state index contributed by atoms with van der Waals surface area (Å²) in [5.74, 6) is 0.230. The van der Waals surface area contributed by atoms with Gasteiger partial charge in [0.05, 0.1) is 6.54 Å². The van der Waals surface area contributed by atoms with Crippen LogP contribution >= 0.6 is 0 Å². The molecule has 1 saturated heterocycles. The molecule has 0 amide bonds. The number of nitrogens with two attached hydrogens (primary N) is 1. The van der Waals surface area contributed by atoms with Crippen molar-refractivity contribution in [2.24, 2.45) is 5.73 Å². The monoisotopic (exact) mass is 260 g/mol. The van der Waals surface area contributed by atoms with Crippen molar-refractivity contribution in [2.45, 2.75) is 38.6 Å². The van der Waals surface area contributed by atoms with Gasteiger partial charge in [0.2, 0.25) is 0 Å². The van der Waals surface area contributed by atoms with E-state index in [-0.39, 0.29) is 5.78 Å². The molecule has 0 aromatic heterocycles. The fourth-order valence-corrected chi connectivity index (χ4v) is 2.59. The highest BCUT2D eigenvalue weighted by Gasteiger charge is 2.18. The summed E-state index contributed by atoms with van der Waals surface area (Å²) in [6.07, 6.45) is 4.16. The van der Waals surface area contributed by atoms with Crippen molar-refractivity contribution < 1.29 is 4.79 Å². The molecule has 0 spiro atoms. The van der Waals surface area contributed by atoms with Gasteiger partial charge < -0.3 is 5.73 Å². The summed E-state index contributed by atoms with van der Waals surface area (Å²) < 4.78 is 0. The van der Waals surface area contributed by atoms with Crippen LogP contribution in [0.4, 0.5) is 0 Å². The maximum Gasteiger partial charge on any atom is 0.176 e. The minimum Gasteiger partial charge on any atom is -0.328 e. The number of hydrogen-bond acceptors (Lipinski definition) is 3.